The number of nitrogens with zero attached hydrogens (tertiary/aromatic N) is 3. The zero-order valence-corrected chi connectivity index (χ0v) is 17.8. The quantitative estimate of drug-likeness (QED) is 0.747. The minimum absolute atomic E-state index is 0.397. The fourth-order valence-corrected chi connectivity index (χ4v) is 6.51. The molecule has 4 nitrogen and oxygen atoms in total. The molecular weight excluding hydrogens is 354 g/mol. The zero-order chi connectivity index (χ0) is 18.8. The molecule has 0 N–H and O–H groups in total. The van der Waals surface area contributed by atoms with Gasteiger partial charge in [-0.2, -0.15) is 0 Å². The second kappa shape index (κ2) is 8.62. The van der Waals surface area contributed by atoms with Crippen molar-refractivity contribution in [3.05, 3.63) is 22.4 Å². The van der Waals surface area contributed by atoms with Crippen LogP contribution in [0, 0.1) is 11.8 Å². The Bertz CT molecular complexity index is 617. The maximum absolute atomic E-state index is 13.0. The third-order valence-corrected chi connectivity index (χ3v) is 7.86. The maximum atomic E-state index is 13.0. The largest absolute Gasteiger partial charge is 0.342 e. The van der Waals surface area contributed by atoms with Crippen LogP contribution in [0.25, 0.3) is 0 Å². The summed E-state index contributed by atoms with van der Waals surface area (Å²) in [5, 5.41) is 2.13. The van der Waals surface area contributed by atoms with Gasteiger partial charge in [-0.05, 0) is 76.0 Å². The minimum atomic E-state index is 0.397. The highest BCUT2D eigenvalue weighted by Gasteiger charge is 2.47. The van der Waals surface area contributed by atoms with Crippen molar-refractivity contribution in [1.29, 1.82) is 0 Å². The Hall–Kier alpha value is -0.910. The molecule has 150 valence electrons. The van der Waals surface area contributed by atoms with Crippen molar-refractivity contribution in [3.8, 4) is 0 Å². The number of carbonyl (C=O) groups excluding carboxylic acids is 1. The topological polar surface area (TPSA) is 26.8 Å². The van der Waals surface area contributed by atoms with Gasteiger partial charge < -0.3 is 9.80 Å². The summed E-state index contributed by atoms with van der Waals surface area (Å²) in [4.78, 5) is 21.8. The standard InChI is InChI=1S/C22H35N3OS/c1-23(2)16-21-18-13-17(20-9-3-4-11-25(20)21)14-24(15-18)22(26)10-5-7-19-8-6-12-27-19/h6,8,12,17-18,20-21H,3-5,7,9-11,13-16H2,1-2H3/t17-,18+,20+,21+/m1/s1. The molecule has 0 aromatic carbocycles. The van der Waals surface area contributed by atoms with Gasteiger partial charge in [0.2, 0.25) is 5.91 Å². The number of hydrogen-bond donors (Lipinski definition) is 0. The molecule has 3 aliphatic rings. The first-order valence-electron chi connectivity index (χ1n) is 10.8. The van der Waals surface area contributed by atoms with Crippen molar-refractivity contribution in [1.82, 2.24) is 14.7 Å². The molecule has 4 atom stereocenters. The summed E-state index contributed by atoms with van der Waals surface area (Å²) in [7, 11) is 4.39. The molecule has 0 saturated carbocycles. The van der Waals surface area contributed by atoms with Crippen LogP contribution in [0.1, 0.15) is 43.4 Å². The number of hydrogen-bond acceptors (Lipinski definition) is 4. The molecule has 3 saturated heterocycles. The van der Waals surface area contributed by atoms with E-state index in [-0.39, 0.29) is 0 Å². The van der Waals surface area contributed by atoms with Crippen LogP contribution in [0.5, 0.6) is 0 Å². The number of likely N-dealkylation sites (tertiary alicyclic amines) is 1. The van der Waals surface area contributed by atoms with Crippen LogP contribution in [0.2, 0.25) is 0 Å². The maximum Gasteiger partial charge on any atom is 0.222 e. The van der Waals surface area contributed by atoms with Gasteiger partial charge in [0, 0.05) is 43.0 Å². The second-order valence-corrected chi connectivity index (χ2v) is 10.2. The summed E-state index contributed by atoms with van der Waals surface area (Å²) >= 11 is 1.81. The van der Waals surface area contributed by atoms with Gasteiger partial charge in [-0.15, -0.1) is 11.3 Å². The van der Waals surface area contributed by atoms with Crippen LogP contribution in [0.4, 0.5) is 0 Å². The fourth-order valence-electron chi connectivity index (χ4n) is 5.76. The van der Waals surface area contributed by atoms with E-state index < -0.39 is 0 Å². The Morgan fingerprint density at radius 2 is 2.11 bits per heavy atom. The summed E-state index contributed by atoms with van der Waals surface area (Å²) in [5.41, 5.74) is 0. The first-order chi connectivity index (χ1) is 13.1. The fraction of sp³-hybridized carbons (Fsp3) is 0.773. The van der Waals surface area contributed by atoms with Gasteiger partial charge in [-0.3, -0.25) is 9.69 Å². The average molecular weight is 390 g/mol. The van der Waals surface area contributed by atoms with Crippen LogP contribution in [-0.2, 0) is 11.2 Å². The van der Waals surface area contributed by atoms with Gasteiger partial charge >= 0.3 is 0 Å². The van der Waals surface area contributed by atoms with E-state index in [0.29, 0.717) is 36.2 Å². The van der Waals surface area contributed by atoms with Gasteiger partial charge in [0.25, 0.3) is 0 Å². The molecule has 0 aliphatic carbocycles. The average Bonchev–Trinajstić information content (AvgIpc) is 3.18. The number of aryl methyl sites for hydroxylation is 1. The lowest BCUT2D eigenvalue weighted by atomic mass is 9.72. The van der Waals surface area contributed by atoms with Crippen molar-refractivity contribution in [2.45, 2.75) is 57.0 Å². The Morgan fingerprint density at radius 3 is 2.89 bits per heavy atom. The number of amides is 1. The van der Waals surface area contributed by atoms with Crippen LogP contribution in [-0.4, -0.2) is 73.0 Å². The summed E-state index contributed by atoms with van der Waals surface area (Å²) in [6.07, 6.45) is 8.13. The molecule has 2 bridgehead atoms. The van der Waals surface area contributed by atoms with Gasteiger partial charge in [-0.25, -0.2) is 0 Å². The monoisotopic (exact) mass is 389 g/mol. The highest BCUT2D eigenvalue weighted by molar-refractivity contribution is 7.09. The van der Waals surface area contributed by atoms with E-state index in [4.69, 9.17) is 0 Å². The van der Waals surface area contributed by atoms with E-state index in [1.165, 1.54) is 37.1 Å². The lowest BCUT2D eigenvalue weighted by Gasteiger charge is -2.57. The number of thiophene rings is 1. The van der Waals surface area contributed by atoms with E-state index in [2.05, 4.69) is 46.3 Å². The van der Waals surface area contributed by atoms with E-state index in [1.807, 2.05) is 0 Å². The first-order valence-corrected chi connectivity index (χ1v) is 11.7. The van der Waals surface area contributed by atoms with Crippen LogP contribution >= 0.6 is 11.3 Å². The molecule has 0 unspecified atom stereocenters. The first kappa shape index (κ1) is 19.4. The molecule has 0 spiro atoms. The molecule has 0 radical (unpaired) electrons. The molecule has 3 fully saturated rings. The Morgan fingerprint density at radius 1 is 1.26 bits per heavy atom. The SMILES string of the molecule is CN(C)C[C@H]1[C@H]2C[C@H](CN(C(=O)CCCc3cccs3)C2)[C@@H]2CCCCN21. The third kappa shape index (κ3) is 4.41. The number of carbonyl (C=O) groups is 1. The number of fused-ring (bicyclic) bond motifs is 4. The molecule has 1 aromatic rings. The lowest BCUT2D eigenvalue weighted by Crippen LogP contribution is -2.65. The molecule has 4 heterocycles. The summed E-state index contributed by atoms with van der Waals surface area (Å²) in [6, 6.07) is 5.63. The molecule has 4 rings (SSSR count). The molecule has 3 aliphatic heterocycles. The number of piperidine rings is 3. The Kier molecular flexibility index (Phi) is 6.20. The third-order valence-electron chi connectivity index (χ3n) is 6.92. The number of rotatable bonds is 6. The van der Waals surface area contributed by atoms with E-state index >= 15 is 0 Å². The molecule has 27 heavy (non-hydrogen) atoms. The summed E-state index contributed by atoms with van der Waals surface area (Å²) in [6.45, 7) is 4.39. The number of likely N-dealkylation sites (N-methyl/N-ethyl adjacent to an activating group) is 1. The Balaban J connectivity index is 1.39. The highest BCUT2D eigenvalue weighted by Crippen LogP contribution is 2.41. The van der Waals surface area contributed by atoms with Crippen molar-refractivity contribution in [3.63, 3.8) is 0 Å². The molecule has 1 amide bonds. The second-order valence-electron chi connectivity index (χ2n) is 9.12. The van der Waals surface area contributed by atoms with Crippen LogP contribution in [0.15, 0.2) is 17.5 Å². The van der Waals surface area contributed by atoms with Gasteiger partial charge in [0.05, 0.1) is 0 Å². The normalized spacial score (nSPS) is 31.1. The van der Waals surface area contributed by atoms with Gasteiger partial charge in [0.15, 0.2) is 0 Å². The van der Waals surface area contributed by atoms with Crippen molar-refractivity contribution in [2.24, 2.45) is 11.8 Å². The smallest absolute Gasteiger partial charge is 0.222 e. The predicted octanol–water partition coefficient (Wildman–Crippen LogP) is 3.33. The van der Waals surface area contributed by atoms with E-state index in [9.17, 15) is 4.79 Å². The zero-order valence-electron chi connectivity index (χ0n) is 17.0. The van der Waals surface area contributed by atoms with Gasteiger partial charge in [0.1, 0.15) is 0 Å². The Labute approximate surface area is 168 Å². The lowest BCUT2D eigenvalue weighted by molar-refractivity contribution is -0.141. The van der Waals surface area contributed by atoms with Crippen LogP contribution < -0.4 is 0 Å². The minimum Gasteiger partial charge on any atom is -0.342 e. The van der Waals surface area contributed by atoms with Crippen LogP contribution in [0.3, 0.4) is 0 Å². The summed E-state index contributed by atoms with van der Waals surface area (Å²) < 4.78 is 0. The molecular formula is C22H35N3OS. The molecule has 5 heteroatoms. The van der Waals surface area contributed by atoms with E-state index in [0.717, 1.165) is 32.5 Å². The van der Waals surface area contributed by atoms with Gasteiger partial charge in [-0.1, -0.05) is 12.5 Å². The summed E-state index contributed by atoms with van der Waals surface area (Å²) in [5.74, 6) is 1.75. The van der Waals surface area contributed by atoms with Crippen molar-refractivity contribution >= 4 is 17.2 Å². The van der Waals surface area contributed by atoms with E-state index in [1.54, 1.807) is 11.3 Å². The van der Waals surface area contributed by atoms with Crippen molar-refractivity contribution in [2.75, 3.05) is 40.3 Å². The molecule has 1 aromatic heterocycles. The van der Waals surface area contributed by atoms with Crippen molar-refractivity contribution < 1.29 is 4.79 Å². The predicted molar refractivity (Wildman–Crippen MR) is 112 cm³/mol. The highest BCUT2D eigenvalue weighted by atomic mass is 32.1.